The van der Waals surface area contributed by atoms with Crippen LogP contribution in [0.25, 0.3) is 0 Å². The predicted octanol–water partition coefficient (Wildman–Crippen LogP) is 8.29. The number of unbranched alkanes of at least 4 members (excludes halogenated alkanes) is 3. The summed E-state index contributed by atoms with van der Waals surface area (Å²) in [7, 11) is 0. The fraction of sp³-hybridized carbons (Fsp3) is 0.962. The number of hydrogen-bond acceptors (Lipinski definition) is 1. The zero-order valence-corrected chi connectivity index (χ0v) is 18.4. The summed E-state index contributed by atoms with van der Waals surface area (Å²) in [5.41, 5.74) is 0.0600. The molecule has 0 N–H and O–H groups in total. The van der Waals surface area contributed by atoms with Gasteiger partial charge < -0.3 is 0 Å². The molecule has 3 aliphatic rings. The second-order valence-corrected chi connectivity index (χ2v) is 10.6. The van der Waals surface area contributed by atoms with Gasteiger partial charge in [0, 0.05) is 0 Å². The summed E-state index contributed by atoms with van der Waals surface area (Å²) in [6.45, 7) is 4.62. The summed E-state index contributed by atoms with van der Waals surface area (Å²) in [5, 5.41) is 10.1. The smallest absolute Gasteiger partial charge is 0.0692 e. The Kier molecular flexibility index (Phi) is 8.10. The topological polar surface area (TPSA) is 23.8 Å². The SMILES string of the molecule is CCCCCC1CCC(C2CC[C@]3(C#N)C[C@H](CCCC)CC[C@@H]3C2)CC1. The van der Waals surface area contributed by atoms with Crippen molar-refractivity contribution in [1.29, 1.82) is 5.26 Å². The lowest BCUT2D eigenvalue weighted by Gasteiger charge is -2.50. The van der Waals surface area contributed by atoms with E-state index in [0.717, 1.165) is 29.6 Å². The molecule has 0 aliphatic heterocycles. The molecular formula is C26H45N. The number of nitriles is 1. The summed E-state index contributed by atoms with van der Waals surface area (Å²) in [4.78, 5) is 0. The molecule has 0 radical (unpaired) electrons. The number of fused-ring (bicyclic) bond motifs is 1. The molecular weight excluding hydrogens is 326 g/mol. The van der Waals surface area contributed by atoms with E-state index in [9.17, 15) is 5.26 Å². The van der Waals surface area contributed by atoms with Crippen LogP contribution in [0.15, 0.2) is 0 Å². The van der Waals surface area contributed by atoms with Gasteiger partial charge in [-0.15, -0.1) is 0 Å². The Morgan fingerprint density at radius 2 is 1.48 bits per heavy atom. The Balaban J connectivity index is 1.48. The van der Waals surface area contributed by atoms with E-state index in [0.29, 0.717) is 0 Å². The predicted molar refractivity (Wildman–Crippen MR) is 115 cm³/mol. The molecule has 0 aromatic rings. The van der Waals surface area contributed by atoms with Gasteiger partial charge in [-0.25, -0.2) is 0 Å². The van der Waals surface area contributed by atoms with E-state index < -0.39 is 0 Å². The molecule has 0 spiro atoms. The van der Waals surface area contributed by atoms with Crippen molar-refractivity contribution in [3.63, 3.8) is 0 Å². The Labute approximate surface area is 169 Å². The van der Waals surface area contributed by atoms with E-state index in [1.54, 1.807) is 0 Å². The fourth-order valence-corrected chi connectivity index (χ4v) is 7.06. The Morgan fingerprint density at radius 3 is 2.19 bits per heavy atom. The average molecular weight is 372 g/mol. The largest absolute Gasteiger partial charge is 0.198 e. The maximum absolute atomic E-state index is 10.1. The van der Waals surface area contributed by atoms with Gasteiger partial charge in [-0.3, -0.25) is 0 Å². The molecule has 3 rings (SSSR count). The summed E-state index contributed by atoms with van der Waals surface area (Å²) in [6.07, 6.45) is 23.7. The molecule has 4 atom stereocenters. The second kappa shape index (κ2) is 10.3. The third-order valence-corrected chi connectivity index (χ3v) is 8.87. The highest BCUT2D eigenvalue weighted by atomic mass is 14.5. The van der Waals surface area contributed by atoms with Crippen LogP contribution in [0.1, 0.15) is 123 Å². The van der Waals surface area contributed by atoms with E-state index in [1.807, 2.05) is 0 Å². The lowest BCUT2D eigenvalue weighted by molar-refractivity contribution is 0.0147. The molecule has 3 aliphatic carbocycles. The van der Waals surface area contributed by atoms with Crippen LogP contribution >= 0.6 is 0 Å². The molecule has 1 nitrogen and oxygen atoms in total. The minimum atomic E-state index is 0.0600. The quantitative estimate of drug-likeness (QED) is 0.394. The molecule has 1 heteroatoms. The van der Waals surface area contributed by atoms with Crippen LogP contribution in [0.2, 0.25) is 0 Å². The Bertz CT molecular complexity index is 469. The molecule has 0 heterocycles. The van der Waals surface area contributed by atoms with Gasteiger partial charge >= 0.3 is 0 Å². The zero-order chi connectivity index (χ0) is 19.1. The molecule has 0 amide bonds. The van der Waals surface area contributed by atoms with Crippen molar-refractivity contribution in [2.45, 2.75) is 123 Å². The van der Waals surface area contributed by atoms with E-state index in [1.165, 1.54) is 109 Å². The number of nitrogens with zero attached hydrogens (tertiary/aromatic N) is 1. The summed E-state index contributed by atoms with van der Waals surface area (Å²) < 4.78 is 0. The van der Waals surface area contributed by atoms with Gasteiger partial charge in [0.2, 0.25) is 0 Å². The number of hydrogen-bond donors (Lipinski definition) is 0. The highest BCUT2D eigenvalue weighted by Crippen LogP contribution is 2.56. The monoisotopic (exact) mass is 371 g/mol. The second-order valence-electron chi connectivity index (χ2n) is 10.6. The van der Waals surface area contributed by atoms with Crippen LogP contribution < -0.4 is 0 Å². The summed E-state index contributed by atoms with van der Waals surface area (Å²) in [6, 6.07) is 2.88. The normalized spacial score (nSPS) is 39.5. The van der Waals surface area contributed by atoms with Crippen molar-refractivity contribution in [2.24, 2.45) is 35.0 Å². The van der Waals surface area contributed by atoms with Crippen molar-refractivity contribution >= 4 is 0 Å². The van der Waals surface area contributed by atoms with Crippen LogP contribution in [0, 0.1) is 46.3 Å². The van der Waals surface area contributed by atoms with E-state index in [4.69, 9.17) is 0 Å². The van der Waals surface area contributed by atoms with Gasteiger partial charge in [0.05, 0.1) is 11.5 Å². The maximum atomic E-state index is 10.1. The zero-order valence-electron chi connectivity index (χ0n) is 18.4. The van der Waals surface area contributed by atoms with E-state index in [2.05, 4.69) is 19.9 Å². The average Bonchev–Trinajstić information content (AvgIpc) is 2.72. The molecule has 0 aromatic heterocycles. The molecule has 1 unspecified atom stereocenters. The van der Waals surface area contributed by atoms with Crippen LogP contribution in [0.3, 0.4) is 0 Å². The van der Waals surface area contributed by atoms with Crippen molar-refractivity contribution in [3.8, 4) is 6.07 Å². The van der Waals surface area contributed by atoms with Crippen LogP contribution in [0.5, 0.6) is 0 Å². The van der Waals surface area contributed by atoms with Crippen molar-refractivity contribution in [2.75, 3.05) is 0 Å². The lowest BCUT2D eigenvalue weighted by Crippen LogP contribution is -2.42. The van der Waals surface area contributed by atoms with Gasteiger partial charge in [-0.2, -0.15) is 5.26 Å². The van der Waals surface area contributed by atoms with Crippen molar-refractivity contribution in [3.05, 3.63) is 0 Å². The highest BCUT2D eigenvalue weighted by molar-refractivity contribution is 5.09. The molecule has 27 heavy (non-hydrogen) atoms. The maximum Gasteiger partial charge on any atom is 0.0692 e. The van der Waals surface area contributed by atoms with Gasteiger partial charge in [0.1, 0.15) is 0 Å². The minimum Gasteiger partial charge on any atom is -0.198 e. The minimum absolute atomic E-state index is 0.0600. The Morgan fingerprint density at radius 1 is 0.778 bits per heavy atom. The first kappa shape index (κ1) is 21.2. The van der Waals surface area contributed by atoms with Crippen LogP contribution in [0.4, 0.5) is 0 Å². The molecule has 0 saturated heterocycles. The standard InChI is InChI=1S/C26H45N/c1-3-5-7-9-21-10-13-23(14-11-21)24-16-17-26(20-27)19-22(8-6-4-2)12-15-25(26)18-24/h21-25H,3-19H2,1-2H3/t21?,22-,23?,24?,25-,26-/m1/s1. The highest BCUT2D eigenvalue weighted by Gasteiger charge is 2.48. The van der Waals surface area contributed by atoms with Crippen LogP contribution in [-0.4, -0.2) is 0 Å². The Hall–Kier alpha value is -0.510. The molecule has 0 aromatic carbocycles. The molecule has 154 valence electrons. The summed E-state index contributed by atoms with van der Waals surface area (Å²) >= 11 is 0. The molecule has 3 fully saturated rings. The molecule has 3 saturated carbocycles. The first-order valence-electron chi connectivity index (χ1n) is 12.6. The van der Waals surface area contributed by atoms with Crippen molar-refractivity contribution in [1.82, 2.24) is 0 Å². The van der Waals surface area contributed by atoms with Gasteiger partial charge in [-0.1, -0.05) is 78.1 Å². The molecule has 0 bridgehead atoms. The summed E-state index contributed by atoms with van der Waals surface area (Å²) in [5.74, 6) is 4.53. The lowest BCUT2D eigenvalue weighted by atomic mass is 9.53. The van der Waals surface area contributed by atoms with E-state index >= 15 is 0 Å². The van der Waals surface area contributed by atoms with E-state index in [-0.39, 0.29) is 5.41 Å². The van der Waals surface area contributed by atoms with Gasteiger partial charge in [0.15, 0.2) is 0 Å². The van der Waals surface area contributed by atoms with Gasteiger partial charge in [0.25, 0.3) is 0 Å². The first-order chi connectivity index (χ1) is 13.2. The van der Waals surface area contributed by atoms with Gasteiger partial charge in [-0.05, 0) is 74.5 Å². The number of rotatable bonds is 8. The third-order valence-electron chi connectivity index (χ3n) is 8.87. The third kappa shape index (κ3) is 5.31. The first-order valence-corrected chi connectivity index (χ1v) is 12.6. The fourth-order valence-electron chi connectivity index (χ4n) is 7.06. The van der Waals surface area contributed by atoms with Crippen molar-refractivity contribution < 1.29 is 0 Å². The van der Waals surface area contributed by atoms with Crippen LogP contribution in [-0.2, 0) is 0 Å².